The van der Waals surface area contributed by atoms with E-state index < -0.39 is 0 Å². The van der Waals surface area contributed by atoms with E-state index in [1.807, 2.05) is 12.1 Å². The summed E-state index contributed by atoms with van der Waals surface area (Å²) in [6, 6.07) is 7.27. The Labute approximate surface area is 103 Å². The Kier molecular flexibility index (Phi) is 4.26. The standard InChI is InChI=1S/C11H12INO2/c1-8(14)7-13(2)11(15)9-3-5-10(12)6-4-9/h3-6H,7H2,1-2H3. The number of carbonyl (C=O) groups excluding carboxylic acids is 2. The van der Waals surface area contributed by atoms with E-state index in [9.17, 15) is 9.59 Å². The van der Waals surface area contributed by atoms with Crippen molar-refractivity contribution in [1.29, 1.82) is 0 Å². The molecule has 0 aliphatic carbocycles. The molecule has 0 aliphatic rings. The topological polar surface area (TPSA) is 37.4 Å². The molecular formula is C11H12INO2. The lowest BCUT2D eigenvalue weighted by molar-refractivity contribution is -0.117. The number of carbonyl (C=O) groups is 2. The third kappa shape index (κ3) is 3.62. The molecule has 15 heavy (non-hydrogen) atoms. The maximum absolute atomic E-state index is 11.8. The molecule has 80 valence electrons. The number of ketones is 1. The van der Waals surface area contributed by atoms with E-state index in [1.165, 1.54) is 11.8 Å². The van der Waals surface area contributed by atoms with E-state index in [1.54, 1.807) is 19.2 Å². The molecule has 0 N–H and O–H groups in total. The van der Waals surface area contributed by atoms with Crippen LogP contribution in [0.3, 0.4) is 0 Å². The van der Waals surface area contributed by atoms with Crippen LogP contribution in [0.4, 0.5) is 0 Å². The lowest BCUT2D eigenvalue weighted by atomic mass is 10.2. The third-order valence-electron chi connectivity index (χ3n) is 1.90. The van der Waals surface area contributed by atoms with Crippen molar-refractivity contribution in [3.8, 4) is 0 Å². The second kappa shape index (κ2) is 5.25. The summed E-state index contributed by atoms with van der Waals surface area (Å²) in [7, 11) is 1.63. The van der Waals surface area contributed by atoms with Crippen LogP contribution in [0, 0.1) is 3.57 Å². The summed E-state index contributed by atoms with van der Waals surface area (Å²) < 4.78 is 1.08. The molecule has 1 aromatic carbocycles. The molecule has 0 aromatic heterocycles. The molecule has 0 radical (unpaired) electrons. The molecule has 0 atom stereocenters. The molecule has 0 fully saturated rings. The first kappa shape index (κ1) is 12.2. The van der Waals surface area contributed by atoms with E-state index in [0.29, 0.717) is 5.56 Å². The second-order valence-corrected chi connectivity index (χ2v) is 4.62. The first-order valence-electron chi connectivity index (χ1n) is 4.51. The highest BCUT2D eigenvalue weighted by Gasteiger charge is 2.12. The number of amides is 1. The molecular weight excluding hydrogens is 305 g/mol. The van der Waals surface area contributed by atoms with Crippen LogP contribution in [-0.4, -0.2) is 30.2 Å². The van der Waals surface area contributed by atoms with Gasteiger partial charge in [-0.1, -0.05) is 0 Å². The fourth-order valence-electron chi connectivity index (χ4n) is 1.22. The van der Waals surface area contributed by atoms with Gasteiger partial charge in [0, 0.05) is 16.2 Å². The van der Waals surface area contributed by atoms with E-state index >= 15 is 0 Å². The number of benzene rings is 1. The zero-order valence-electron chi connectivity index (χ0n) is 8.66. The maximum Gasteiger partial charge on any atom is 0.253 e. The van der Waals surface area contributed by atoms with E-state index in [4.69, 9.17) is 0 Å². The third-order valence-corrected chi connectivity index (χ3v) is 2.62. The van der Waals surface area contributed by atoms with Gasteiger partial charge in [-0.3, -0.25) is 9.59 Å². The highest BCUT2D eigenvalue weighted by atomic mass is 127. The molecule has 0 heterocycles. The van der Waals surface area contributed by atoms with Crippen LogP contribution in [0.5, 0.6) is 0 Å². The van der Waals surface area contributed by atoms with Gasteiger partial charge in [-0.05, 0) is 53.8 Å². The van der Waals surface area contributed by atoms with Gasteiger partial charge in [-0.15, -0.1) is 0 Å². The largest absolute Gasteiger partial charge is 0.334 e. The zero-order valence-corrected chi connectivity index (χ0v) is 10.8. The van der Waals surface area contributed by atoms with Crippen molar-refractivity contribution in [2.24, 2.45) is 0 Å². The average Bonchev–Trinajstić information content (AvgIpc) is 2.17. The van der Waals surface area contributed by atoms with Gasteiger partial charge in [0.15, 0.2) is 0 Å². The van der Waals surface area contributed by atoms with E-state index in [0.717, 1.165) is 3.57 Å². The quantitative estimate of drug-likeness (QED) is 0.799. The predicted molar refractivity (Wildman–Crippen MR) is 66.8 cm³/mol. The van der Waals surface area contributed by atoms with Crippen LogP contribution in [0.1, 0.15) is 17.3 Å². The lowest BCUT2D eigenvalue weighted by Gasteiger charge is -2.15. The monoisotopic (exact) mass is 317 g/mol. The Morgan fingerprint density at radius 3 is 2.27 bits per heavy atom. The van der Waals surface area contributed by atoms with Gasteiger partial charge in [0.05, 0.1) is 6.54 Å². The number of hydrogen-bond donors (Lipinski definition) is 0. The Hall–Kier alpha value is -0.910. The number of rotatable bonds is 3. The summed E-state index contributed by atoms with van der Waals surface area (Å²) in [6.07, 6.45) is 0. The molecule has 0 saturated carbocycles. The summed E-state index contributed by atoms with van der Waals surface area (Å²) >= 11 is 2.18. The van der Waals surface area contributed by atoms with Crippen LogP contribution in [-0.2, 0) is 4.79 Å². The Balaban J connectivity index is 2.76. The van der Waals surface area contributed by atoms with Crippen molar-refractivity contribution in [2.75, 3.05) is 13.6 Å². The fraction of sp³-hybridized carbons (Fsp3) is 0.273. The molecule has 3 nitrogen and oxygen atoms in total. The molecule has 0 unspecified atom stereocenters. The van der Waals surface area contributed by atoms with Gasteiger partial charge >= 0.3 is 0 Å². The molecule has 1 rings (SSSR count). The highest BCUT2D eigenvalue weighted by molar-refractivity contribution is 14.1. The van der Waals surface area contributed by atoms with Gasteiger partial charge < -0.3 is 4.90 Å². The van der Waals surface area contributed by atoms with Crippen LogP contribution >= 0.6 is 22.6 Å². The van der Waals surface area contributed by atoms with Crippen LogP contribution in [0.15, 0.2) is 24.3 Å². The summed E-state index contributed by atoms with van der Waals surface area (Å²) in [6.45, 7) is 1.63. The van der Waals surface area contributed by atoms with Gasteiger partial charge in [0.1, 0.15) is 5.78 Å². The SMILES string of the molecule is CC(=O)CN(C)C(=O)c1ccc(I)cc1. The zero-order chi connectivity index (χ0) is 11.4. The summed E-state index contributed by atoms with van der Waals surface area (Å²) in [4.78, 5) is 24.0. The molecule has 0 bridgehead atoms. The van der Waals surface area contributed by atoms with Crippen LogP contribution in [0.2, 0.25) is 0 Å². The van der Waals surface area contributed by atoms with Crippen LogP contribution in [0.25, 0.3) is 0 Å². The predicted octanol–water partition coefficient (Wildman–Crippen LogP) is 1.95. The van der Waals surface area contributed by atoms with E-state index in [-0.39, 0.29) is 18.2 Å². The molecule has 0 saturated heterocycles. The van der Waals surface area contributed by atoms with Gasteiger partial charge in [0.2, 0.25) is 0 Å². The number of nitrogens with zero attached hydrogens (tertiary/aromatic N) is 1. The van der Waals surface area contributed by atoms with Crippen molar-refractivity contribution < 1.29 is 9.59 Å². The summed E-state index contributed by atoms with van der Waals surface area (Å²) in [5, 5.41) is 0. The minimum absolute atomic E-state index is 0.0173. The molecule has 0 spiro atoms. The number of likely N-dealkylation sites (N-methyl/N-ethyl adjacent to an activating group) is 1. The first-order valence-corrected chi connectivity index (χ1v) is 5.59. The van der Waals surface area contributed by atoms with Crippen molar-refractivity contribution in [2.45, 2.75) is 6.92 Å². The van der Waals surface area contributed by atoms with Crippen LogP contribution < -0.4 is 0 Å². The molecule has 1 amide bonds. The Morgan fingerprint density at radius 1 is 1.27 bits per heavy atom. The van der Waals surface area contributed by atoms with Gasteiger partial charge in [-0.2, -0.15) is 0 Å². The van der Waals surface area contributed by atoms with Gasteiger partial charge in [0.25, 0.3) is 5.91 Å². The number of hydrogen-bond acceptors (Lipinski definition) is 2. The number of Topliss-reactive ketones (excluding diaryl/α,β-unsaturated/α-hetero) is 1. The lowest BCUT2D eigenvalue weighted by Crippen LogP contribution is -2.31. The Morgan fingerprint density at radius 2 is 1.80 bits per heavy atom. The van der Waals surface area contributed by atoms with Gasteiger partial charge in [-0.25, -0.2) is 0 Å². The minimum atomic E-state index is -0.124. The van der Waals surface area contributed by atoms with Crippen molar-refractivity contribution in [3.63, 3.8) is 0 Å². The van der Waals surface area contributed by atoms with Crippen molar-refractivity contribution in [3.05, 3.63) is 33.4 Å². The molecule has 4 heteroatoms. The number of halogens is 1. The smallest absolute Gasteiger partial charge is 0.253 e. The molecule has 1 aromatic rings. The second-order valence-electron chi connectivity index (χ2n) is 3.37. The van der Waals surface area contributed by atoms with E-state index in [2.05, 4.69) is 22.6 Å². The highest BCUT2D eigenvalue weighted by Crippen LogP contribution is 2.08. The average molecular weight is 317 g/mol. The maximum atomic E-state index is 11.8. The summed E-state index contributed by atoms with van der Waals surface area (Å²) in [5.74, 6) is -0.141. The minimum Gasteiger partial charge on any atom is -0.334 e. The van der Waals surface area contributed by atoms with Crippen molar-refractivity contribution in [1.82, 2.24) is 4.90 Å². The van der Waals surface area contributed by atoms with Crippen molar-refractivity contribution >= 4 is 34.3 Å². The first-order chi connectivity index (χ1) is 7.00. The normalized spacial score (nSPS) is 9.80. The summed E-state index contributed by atoms with van der Waals surface area (Å²) in [5.41, 5.74) is 0.610. The molecule has 0 aliphatic heterocycles. The Bertz CT molecular complexity index is 373. The fourth-order valence-corrected chi connectivity index (χ4v) is 1.58.